The molecule has 1 aromatic carbocycles. The number of isocyanates is 1. The maximum absolute atomic E-state index is 9.74. The van der Waals surface area contributed by atoms with Crippen molar-refractivity contribution < 1.29 is 4.79 Å². The fourth-order valence-electron chi connectivity index (χ4n) is 0.768. The standard InChI is InChI=1S/C9H8NO/c1-8-2-4-9(5-3-8)6-10-7-11/h2-5H,1,6H2. The zero-order valence-electron chi connectivity index (χ0n) is 6.08. The number of carbonyl (C=O) groups excluding carboxylic acids is 1. The van der Waals surface area contributed by atoms with Crippen LogP contribution in [-0.2, 0) is 11.3 Å². The molecule has 0 bridgehead atoms. The SMILES string of the molecule is [CH2]c1ccc(CN=C=O)cc1. The second kappa shape index (κ2) is 3.69. The highest BCUT2D eigenvalue weighted by molar-refractivity contribution is 5.34. The van der Waals surface area contributed by atoms with Gasteiger partial charge in [-0.05, 0) is 18.1 Å². The molecule has 2 heteroatoms. The van der Waals surface area contributed by atoms with Crippen molar-refractivity contribution in [3.05, 3.63) is 42.3 Å². The third-order valence-corrected chi connectivity index (χ3v) is 1.35. The molecule has 0 aromatic heterocycles. The van der Waals surface area contributed by atoms with Crippen molar-refractivity contribution in [3.63, 3.8) is 0 Å². The van der Waals surface area contributed by atoms with Gasteiger partial charge in [0.15, 0.2) is 0 Å². The van der Waals surface area contributed by atoms with E-state index in [-0.39, 0.29) is 0 Å². The van der Waals surface area contributed by atoms with Gasteiger partial charge in [0, 0.05) is 0 Å². The maximum Gasteiger partial charge on any atom is 0.235 e. The second-order valence-electron chi connectivity index (χ2n) is 2.22. The molecule has 55 valence electrons. The molecule has 0 atom stereocenters. The van der Waals surface area contributed by atoms with E-state index in [1.807, 2.05) is 24.3 Å². The van der Waals surface area contributed by atoms with E-state index in [2.05, 4.69) is 11.9 Å². The lowest BCUT2D eigenvalue weighted by atomic mass is 10.1. The summed E-state index contributed by atoms with van der Waals surface area (Å²) < 4.78 is 0. The van der Waals surface area contributed by atoms with Crippen molar-refractivity contribution in [2.24, 2.45) is 4.99 Å². The molecule has 0 N–H and O–H groups in total. The van der Waals surface area contributed by atoms with Crippen LogP contribution in [0.2, 0.25) is 0 Å². The molecule has 0 unspecified atom stereocenters. The summed E-state index contributed by atoms with van der Waals surface area (Å²) in [4.78, 5) is 13.2. The first-order chi connectivity index (χ1) is 5.33. The van der Waals surface area contributed by atoms with Gasteiger partial charge in [0.1, 0.15) is 0 Å². The first-order valence-corrected chi connectivity index (χ1v) is 3.27. The van der Waals surface area contributed by atoms with Gasteiger partial charge in [-0.3, -0.25) is 0 Å². The minimum absolute atomic E-state index is 0.407. The molecule has 0 amide bonds. The average molecular weight is 146 g/mol. The number of nitrogens with zero attached hydrogens (tertiary/aromatic N) is 1. The summed E-state index contributed by atoms with van der Waals surface area (Å²) in [5.74, 6) is 0. The lowest BCUT2D eigenvalue weighted by molar-refractivity contribution is 0.563. The van der Waals surface area contributed by atoms with E-state index < -0.39 is 0 Å². The van der Waals surface area contributed by atoms with Crippen molar-refractivity contribution in [3.8, 4) is 0 Å². The van der Waals surface area contributed by atoms with Crippen LogP contribution in [0.1, 0.15) is 11.1 Å². The van der Waals surface area contributed by atoms with E-state index in [9.17, 15) is 4.79 Å². The Hall–Kier alpha value is -1.40. The lowest BCUT2D eigenvalue weighted by Crippen LogP contribution is -1.80. The quantitative estimate of drug-likeness (QED) is 0.461. The van der Waals surface area contributed by atoms with Crippen LogP contribution in [-0.4, -0.2) is 6.08 Å². The highest BCUT2D eigenvalue weighted by atomic mass is 16.1. The molecule has 0 spiro atoms. The Morgan fingerprint density at radius 2 is 2.00 bits per heavy atom. The van der Waals surface area contributed by atoms with E-state index in [0.29, 0.717) is 6.54 Å². The fraction of sp³-hybridized carbons (Fsp3) is 0.111. The van der Waals surface area contributed by atoms with Crippen LogP contribution in [0, 0.1) is 6.92 Å². The summed E-state index contributed by atoms with van der Waals surface area (Å²) in [7, 11) is 0. The molecule has 1 rings (SSSR count). The third kappa shape index (κ3) is 2.36. The summed E-state index contributed by atoms with van der Waals surface area (Å²) in [6.07, 6.45) is 1.49. The first kappa shape index (κ1) is 7.70. The third-order valence-electron chi connectivity index (χ3n) is 1.35. The van der Waals surface area contributed by atoms with Crippen molar-refractivity contribution in [1.82, 2.24) is 0 Å². The van der Waals surface area contributed by atoms with Crippen LogP contribution in [0.15, 0.2) is 29.3 Å². The van der Waals surface area contributed by atoms with Crippen LogP contribution < -0.4 is 0 Å². The molecular formula is C9H8NO. The van der Waals surface area contributed by atoms with Gasteiger partial charge in [-0.2, -0.15) is 0 Å². The average Bonchev–Trinajstić information content (AvgIpc) is 2.04. The van der Waals surface area contributed by atoms with Gasteiger partial charge in [0.2, 0.25) is 6.08 Å². The van der Waals surface area contributed by atoms with Crippen molar-refractivity contribution >= 4 is 6.08 Å². The molecular weight excluding hydrogens is 138 g/mol. The number of rotatable bonds is 2. The molecule has 1 aromatic rings. The van der Waals surface area contributed by atoms with Gasteiger partial charge >= 0.3 is 0 Å². The van der Waals surface area contributed by atoms with E-state index in [1.165, 1.54) is 6.08 Å². The van der Waals surface area contributed by atoms with Gasteiger partial charge in [-0.25, -0.2) is 9.79 Å². The van der Waals surface area contributed by atoms with E-state index in [4.69, 9.17) is 0 Å². The predicted molar refractivity (Wildman–Crippen MR) is 42.7 cm³/mol. The minimum Gasteiger partial charge on any atom is -0.211 e. The van der Waals surface area contributed by atoms with Crippen molar-refractivity contribution in [2.75, 3.05) is 0 Å². The monoisotopic (exact) mass is 146 g/mol. The highest BCUT2D eigenvalue weighted by Crippen LogP contribution is 2.03. The van der Waals surface area contributed by atoms with Crippen LogP contribution >= 0.6 is 0 Å². The van der Waals surface area contributed by atoms with Crippen LogP contribution in [0.3, 0.4) is 0 Å². The number of benzene rings is 1. The van der Waals surface area contributed by atoms with E-state index >= 15 is 0 Å². The smallest absolute Gasteiger partial charge is 0.211 e. The van der Waals surface area contributed by atoms with Crippen LogP contribution in [0.5, 0.6) is 0 Å². The van der Waals surface area contributed by atoms with Gasteiger partial charge in [0.05, 0.1) is 6.54 Å². The van der Waals surface area contributed by atoms with E-state index in [1.54, 1.807) is 0 Å². The van der Waals surface area contributed by atoms with Gasteiger partial charge in [-0.15, -0.1) is 0 Å². The zero-order chi connectivity index (χ0) is 8.10. The Morgan fingerprint density at radius 1 is 1.36 bits per heavy atom. The maximum atomic E-state index is 9.74. The van der Waals surface area contributed by atoms with E-state index in [0.717, 1.165) is 11.1 Å². The summed E-state index contributed by atoms with van der Waals surface area (Å²) in [6.45, 7) is 4.14. The Labute approximate surface area is 65.6 Å². The molecule has 0 saturated heterocycles. The summed E-state index contributed by atoms with van der Waals surface area (Å²) in [6, 6.07) is 7.55. The second-order valence-corrected chi connectivity index (χ2v) is 2.22. The molecule has 2 nitrogen and oxygen atoms in total. The molecule has 0 fully saturated rings. The largest absolute Gasteiger partial charge is 0.235 e. The lowest BCUT2D eigenvalue weighted by Gasteiger charge is -1.94. The minimum atomic E-state index is 0.407. The van der Waals surface area contributed by atoms with Crippen molar-refractivity contribution in [1.29, 1.82) is 0 Å². The summed E-state index contributed by atoms with van der Waals surface area (Å²) in [5, 5.41) is 0. The fourth-order valence-corrected chi connectivity index (χ4v) is 0.768. The molecule has 0 aliphatic carbocycles. The van der Waals surface area contributed by atoms with Gasteiger partial charge in [-0.1, -0.05) is 24.3 Å². The normalized spacial score (nSPS) is 8.82. The predicted octanol–water partition coefficient (Wildman–Crippen LogP) is 1.70. The molecule has 0 heterocycles. The summed E-state index contributed by atoms with van der Waals surface area (Å²) in [5.41, 5.74) is 1.96. The number of hydrogen-bond donors (Lipinski definition) is 0. The molecule has 0 aliphatic heterocycles. The Balaban J connectivity index is 2.73. The molecule has 11 heavy (non-hydrogen) atoms. The zero-order valence-corrected chi connectivity index (χ0v) is 6.08. The Bertz CT molecular complexity index is 270. The molecule has 1 radical (unpaired) electrons. The van der Waals surface area contributed by atoms with Crippen molar-refractivity contribution in [2.45, 2.75) is 6.54 Å². The van der Waals surface area contributed by atoms with Crippen LogP contribution in [0.25, 0.3) is 0 Å². The Kier molecular flexibility index (Phi) is 2.59. The highest BCUT2D eigenvalue weighted by Gasteiger charge is 1.88. The first-order valence-electron chi connectivity index (χ1n) is 3.27. The topological polar surface area (TPSA) is 29.4 Å². The number of aliphatic imine (C=N–C) groups is 1. The molecule has 0 aliphatic rings. The van der Waals surface area contributed by atoms with Gasteiger partial charge in [0.25, 0.3) is 0 Å². The number of hydrogen-bond acceptors (Lipinski definition) is 2. The van der Waals surface area contributed by atoms with Crippen LogP contribution in [0.4, 0.5) is 0 Å². The summed E-state index contributed by atoms with van der Waals surface area (Å²) >= 11 is 0. The Morgan fingerprint density at radius 3 is 2.55 bits per heavy atom. The molecule has 0 saturated carbocycles. The van der Waals surface area contributed by atoms with Gasteiger partial charge < -0.3 is 0 Å².